The molecule has 0 aliphatic carbocycles. The van der Waals surface area contributed by atoms with E-state index in [1.165, 1.54) is 0 Å². The third-order valence-corrected chi connectivity index (χ3v) is 2.61. The molecule has 0 aromatic heterocycles. The number of rotatable bonds is 5. The topological polar surface area (TPSA) is 72.2 Å². The van der Waals surface area contributed by atoms with Crippen LogP contribution in [-0.4, -0.2) is 18.4 Å². The van der Waals surface area contributed by atoms with Crippen molar-refractivity contribution in [3.8, 4) is 0 Å². The third kappa shape index (κ3) is 3.46. The predicted molar refractivity (Wildman–Crippen MR) is 53.4 cm³/mol. The highest BCUT2D eigenvalue weighted by molar-refractivity contribution is 5.98. The van der Waals surface area contributed by atoms with E-state index in [4.69, 9.17) is 5.73 Å². The molecule has 4 nitrogen and oxygen atoms in total. The summed E-state index contributed by atoms with van der Waals surface area (Å²) in [5, 5.41) is 2.37. The molecule has 1 aliphatic heterocycles. The molecule has 1 atom stereocenters. The van der Waals surface area contributed by atoms with Gasteiger partial charge in [0.15, 0.2) is 0 Å². The number of nitrogens with one attached hydrogen (secondary N) is 1. The minimum Gasteiger partial charge on any atom is -0.330 e. The molecule has 80 valence electrons. The van der Waals surface area contributed by atoms with Crippen molar-refractivity contribution in [2.45, 2.75) is 38.5 Å². The molecule has 1 heterocycles. The van der Waals surface area contributed by atoms with Gasteiger partial charge in [0.1, 0.15) is 0 Å². The van der Waals surface area contributed by atoms with Crippen molar-refractivity contribution in [3.63, 3.8) is 0 Å². The molecule has 2 amide bonds. The van der Waals surface area contributed by atoms with E-state index >= 15 is 0 Å². The number of carbonyl (C=O) groups is 2. The summed E-state index contributed by atoms with van der Waals surface area (Å²) >= 11 is 0. The van der Waals surface area contributed by atoms with E-state index in [9.17, 15) is 9.59 Å². The SMILES string of the molecule is NCCCCCC1CCC(=O)NC1=O. The predicted octanol–water partition coefficient (Wildman–Crippen LogP) is 0.558. The average molecular weight is 198 g/mol. The first kappa shape index (κ1) is 11.2. The Balaban J connectivity index is 2.17. The number of hydrogen-bond acceptors (Lipinski definition) is 3. The number of nitrogens with two attached hydrogens (primary N) is 1. The van der Waals surface area contributed by atoms with Crippen LogP contribution < -0.4 is 11.1 Å². The normalized spacial score (nSPS) is 22.2. The molecule has 0 aromatic rings. The van der Waals surface area contributed by atoms with E-state index < -0.39 is 0 Å². The fraction of sp³-hybridized carbons (Fsp3) is 0.800. The maximum Gasteiger partial charge on any atom is 0.229 e. The molecule has 0 spiro atoms. The third-order valence-electron chi connectivity index (χ3n) is 2.61. The van der Waals surface area contributed by atoms with E-state index in [0.29, 0.717) is 12.8 Å². The molecule has 0 saturated carbocycles. The first-order valence-corrected chi connectivity index (χ1v) is 5.28. The van der Waals surface area contributed by atoms with Gasteiger partial charge in [-0.2, -0.15) is 0 Å². The van der Waals surface area contributed by atoms with Gasteiger partial charge in [-0.25, -0.2) is 0 Å². The molecule has 1 unspecified atom stereocenters. The van der Waals surface area contributed by atoms with Gasteiger partial charge in [0.2, 0.25) is 11.8 Å². The maximum atomic E-state index is 11.3. The highest BCUT2D eigenvalue weighted by Crippen LogP contribution is 2.18. The summed E-state index contributed by atoms with van der Waals surface area (Å²) in [5.74, 6) is -0.173. The Morgan fingerprint density at radius 3 is 2.71 bits per heavy atom. The summed E-state index contributed by atoms with van der Waals surface area (Å²) in [6, 6.07) is 0. The molecule has 1 rings (SSSR count). The number of carbonyl (C=O) groups excluding carboxylic acids is 2. The Labute approximate surface area is 84.2 Å². The van der Waals surface area contributed by atoms with Gasteiger partial charge < -0.3 is 5.73 Å². The van der Waals surface area contributed by atoms with Crippen molar-refractivity contribution < 1.29 is 9.59 Å². The van der Waals surface area contributed by atoms with Gasteiger partial charge in [-0.1, -0.05) is 12.8 Å². The highest BCUT2D eigenvalue weighted by atomic mass is 16.2. The second-order valence-electron chi connectivity index (χ2n) is 3.79. The van der Waals surface area contributed by atoms with Crippen LogP contribution in [0.4, 0.5) is 0 Å². The van der Waals surface area contributed by atoms with Crippen LogP contribution in [-0.2, 0) is 9.59 Å². The van der Waals surface area contributed by atoms with E-state index in [-0.39, 0.29) is 17.7 Å². The Morgan fingerprint density at radius 1 is 1.29 bits per heavy atom. The van der Waals surface area contributed by atoms with E-state index in [0.717, 1.165) is 32.2 Å². The zero-order valence-electron chi connectivity index (χ0n) is 8.42. The molecule has 4 heteroatoms. The Hall–Kier alpha value is -0.900. The van der Waals surface area contributed by atoms with E-state index in [1.54, 1.807) is 0 Å². The van der Waals surface area contributed by atoms with E-state index in [2.05, 4.69) is 5.32 Å². The van der Waals surface area contributed by atoms with Crippen LogP contribution in [0.2, 0.25) is 0 Å². The van der Waals surface area contributed by atoms with Crippen molar-refractivity contribution in [2.24, 2.45) is 11.7 Å². The minimum atomic E-state index is -0.131. The molecule has 3 N–H and O–H groups in total. The molecule has 1 aliphatic rings. The number of unbranched alkanes of at least 4 members (excludes halogenated alkanes) is 2. The van der Waals surface area contributed by atoms with Crippen molar-refractivity contribution in [2.75, 3.05) is 6.54 Å². The quantitative estimate of drug-likeness (QED) is 0.501. The fourth-order valence-electron chi connectivity index (χ4n) is 1.73. The second-order valence-corrected chi connectivity index (χ2v) is 3.79. The second kappa shape index (κ2) is 5.75. The van der Waals surface area contributed by atoms with Crippen LogP contribution in [0.1, 0.15) is 38.5 Å². The average Bonchev–Trinajstić information content (AvgIpc) is 2.15. The maximum absolute atomic E-state index is 11.3. The smallest absolute Gasteiger partial charge is 0.229 e. The fourth-order valence-corrected chi connectivity index (χ4v) is 1.73. The van der Waals surface area contributed by atoms with E-state index in [1.807, 2.05) is 0 Å². The van der Waals surface area contributed by atoms with Gasteiger partial charge in [-0.05, 0) is 25.8 Å². The number of amides is 2. The van der Waals surface area contributed by atoms with Crippen LogP contribution >= 0.6 is 0 Å². The number of hydrogen-bond donors (Lipinski definition) is 2. The van der Waals surface area contributed by atoms with Crippen molar-refractivity contribution >= 4 is 11.8 Å². The molecular formula is C10H18N2O2. The summed E-state index contributed by atoms with van der Waals surface area (Å²) in [7, 11) is 0. The number of piperidine rings is 1. The summed E-state index contributed by atoms with van der Waals surface area (Å²) in [6.45, 7) is 0.718. The lowest BCUT2D eigenvalue weighted by Crippen LogP contribution is -2.40. The summed E-state index contributed by atoms with van der Waals surface area (Å²) in [5.41, 5.74) is 5.37. The largest absolute Gasteiger partial charge is 0.330 e. The standard InChI is InChI=1S/C10H18N2O2/c11-7-3-1-2-4-8-5-6-9(13)12-10(8)14/h8H,1-7,11H2,(H,12,13,14). The molecule has 0 bridgehead atoms. The van der Waals surface area contributed by atoms with Crippen LogP contribution in [0.5, 0.6) is 0 Å². The summed E-state index contributed by atoms with van der Waals surface area (Å²) in [6.07, 6.45) is 5.23. The van der Waals surface area contributed by atoms with Gasteiger partial charge in [-0.3, -0.25) is 14.9 Å². The van der Waals surface area contributed by atoms with Gasteiger partial charge in [-0.15, -0.1) is 0 Å². The first-order valence-electron chi connectivity index (χ1n) is 5.28. The Bertz CT molecular complexity index is 216. The lowest BCUT2D eigenvalue weighted by Gasteiger charge is -2.20. The van der Waals surface area contributed by atoms with Gasteiger partial charge in [0.25, 0.3) is 0 Å². The zero-order valence-corrected chi connectivity index (χ0v) is 8.42. The molecule has 0 aromatic carbocycles. The molecule has 1 fully saturated rings. The van der Waals surface area contributed by atoms with Crippen LogP contribution in [0.15, 0.2) is 0 Å². The minimum absolute atomic E-state index is 0.0467. The van der Waals surface area contributed by atoms with Gasteiger partial charge >= 0.3 is 0 Å². The Kier molecular flexibility index (Phi) is 4.59. The lowest BCUT2D eigenvalue weighted by molar-refractivity contribution is -0.136. The van der Waals surface area contributed by atoms with Crippen molar-refractivity contribution in [3.05, 3.63) is 0 Å². The molecule has 14 heavy (non-hydrogen) atoms. The van der Waals surface area contributed by atoms with Gasteiger partial charge in [0.05, 0.1) is 0 Å². The van der Waals surface area contributed by atoms with Crippen molar-refractivity contribution in [1.29, 1.82) is 0 Å². The summed E-state index contributed by atoms with van der Waals surface area (Å²) in [4.78, 5) is 22.2. The zero-order chi connectivity index (χ0) is 10.4. The Morgan fingerprint density at radius 2 is 2.07 bits per heavy atom. The monoisotopic (exact) mass is 198 g/mol. The van der Waals surface area contributed by atoms with Crippen molar-refractivity contribution in [1.82, 2.24) is 5.32 Å². The lowest BCUT2D eigenvalue weighted by atomic mass is 9.92. The van der Waals surface area contributed by atoms with Gasteiger partial charge in [0, 0.05) is 12.3 Å². The molecular weight excluding hydrogens is 180 g/mol. The first-order chi connectivity index (χ1) is 6.74. The van der Waals surface area contributed by atoms with Crippen LogP contribution in [0.3, 0.4) is 0 Å². The molecule has 0 radical (unpaired) electrons. The van der Waals surface area contributed by atoms with Crippen LogP contribution in [0, 0.1) is 5.92 Å². The molecule has 1 saturated heterocycles. The number of imide groups is 1. The highest BCUT2D eigenvalue weighted by Gasteiger charge is 2.25. The van der Waals surface area contributed by atoms with Crippen LogP contribution in [0.25, 0.3) is 0 Å². The summed E-state index contributed by atoms with van der Waals surface area (Å²) < 4.78 is 0.